The van der Waals surface area contributed by atoms with Gasteiger partial charge >= 0.3 is 0 Å². The number of rotatable bonds is 4. The van der Waals surface area contributed by atoms with E-state index in [4.69, 9.17) is 4.52 Å². The molecule has 22 heavy (non-hydrogen) atoms. The summed E-state index contributed by atoms with van der Waals surface area (Å²) in [6.07, 6.45) is 4.52. The Morgan fingerprint density at radius 1 is 1.41 bits per heavy atom. The van der Waals surface area contributed by atoms with E-state index in [2.05, 4.69) is 15.1 Å². The number of hydrogen-bond acceptors (Lipinski definition) is 6. The van der Waals surface area contributed by atoms with Crippen molar-refractivity contribution in [2.75, 3.05) is 6.54 Å². The number of hydrogen-bond donors (Lipinski definition) is 0. The van der Waals surface area contributed by atoms with Gasteiger partial charge in [0.25, 0.3) is 0 Å². The highest BCUT2D eigenvalue weighted by Gasteiger charge is 2.36. The number of amides is 1. The Balaban J connectivity index is 1.48. The van der Waals surface area contributed by atoms with Crippen molar-refractivity contribution < 1.29 is 9.32 Å². The van der Waals surface area contributed by atoms with Gasteiger partial charge in [-0.2, -0.15) is 4.98 Å². The Kier molecular flexibility index (Phi) is 3.44. The van der Waals surface area contributed by atoms with Crippen LogP contribution in [0, 0.1) is 6.92 Å². The van der Waals surface area contributed by atoms with Crippen LogP contribution in [0.25, 0.3) is 0 Å². The molecule has 0 radical (unpaired) electrons. The Labute approximate surface area is 132 Å². The van der Waals surface area contributed by atoms with E-state index in [0.717, 1.165) is 48.8 Å². The summed E-state index contributed by atoms with van der Waals surface area (Å²) in [6.45, 7) is 2.72. The molecule has 4 rings (SSSR count). The number of carbonyl (C=O) groups excluding carboxylic acids is 1. The summed E-state index contributed by atoms with van der Waals surface area (Å²) in [5.41, 5.74) is 0.852. The lowest BCUT2D eigenvalue weighted by molar-refractivity contribution is -0.131. The molecule has 2 aliphatic rings. The van der Waals surface area contributed by atoms with Gasteiger partial charge in [-0.25, -0.2) is 4.98 Å². The third kappa shape index (κ3) is 2.65. The lowest BCUT2D eigenvalue weighted by Gasteiger charge is -2.21. The maximum atomic E-state index is 12.6. The van der Waals surface area contributed by atoms with E-state index in [1.165, 1.54) is 0 Å². The van der Waals surface area contributed by atoms with Crippen LogP contribution >= 0.6 is 11.3 Å². The number of aromatic nitrogens is 3. The first-order valence-electron chi connectivity index (χ1n) is 7.74. The van der Waals surface area contributed by atoms with Crippen molar-refractivity contribution in [2.24, 2.45) is 0 Å². The smallest absolute Gasteiger partial charge is 0.229 e. The number of aryl methyl sites for hydroxylation is 1. The molecule has 6 nitrogen and oxygen atoms in total. The van der Waals surface area contributed by atoms with Crippen LogP contribution in [0.1, 0.15) is 60.1 Å². The number of thiazole rings is 1. The highest BCUT2D eigenvalue weighted by atomic mass is 32.1. The van der Waals surface area contributed by atoms with Crippen molar-refractivity contribution in [3.63, 3.8) is 0 Å². The summed E-state index contributed by atoms with van der Waals surface area (Å²) in [6, 6.07) is -0.0384. The number of likely N-dealkylation sites (tertiary alicyclic amines) is 1. The van der Waals surface area contributed by atoms with Crippen molar-refractivity contribution in [1.29, 1.82) is 0 Å². The van der Waals surface area contributed by atoms with Crippen LogP contribution in [0.2, 0.25) is 0 Å². The average molecular weight is 318 g/mol. The Morgan fingerprint density at radius 2 is 2.27 bits per heavy atom. The van der Waals surface area contributed by atoms with E-state index in [0.29, 0.717) is 18.2 Å². The third-order valence-corrected chi connectivity index (χ3v) is 5.08. The van der Waals surface area contributed by atoms with Gasteiger partial charge in [-0.05, 0) is 32.6 Å². The second-order valence-electron chi connectivity index (χ2n) is 6.04. The van der Waals surface area contributed by atoms with E-state index in [1.54, 1.807) is 11.3 Å². The SMILES string of the molecule is Cc1nc(CC(=O)N2CCC[C@H]2c2noc(C3CC3)n2)cs1. The zero-order chi connectivity index (χ0) is 15.1. The van der Waals surface area contributed by atoms with Gasteiger partial charge in [0.05, 0.1) is 23.2 Å². The van der Waals surface area contributed by atoms with Gasteiger partial charge in [-0.15, -0.1) is 11.3 Å². The van der Waals surface area contributed by atoms with Crippen molar-refractivity contribution in [3.8, 4) is 0 Å². The molecule has 1 amide bonds. The molecule has 7 heteroatoms. The summed E-state index contributed by atoms with van der Waals surface area (Å²) in [5.74, 6) is 1.96. The maximum absolute atomic E-state index is 12.6. The molecule has 1 saturated heterocycles. The molecular weight excluding hydrogens is 300 g/mol. The zero-order valence-electron chi connectivity index (χ0n) is 12.5. The summed E-state index contributed by atoms with van der Waals surface area (Å²) < 4.78 is 5.34. The standard InChI is InChI=1S/C15H18N4O2S/c1-9-16-11(8-22-9)7-13(20)19-6-2-3-12(19)14-17-15(21-18-14)10-4-5-10/h8,10,12H,2-7H2,1H3/t12-/m0/s1. The Morgan fingerprint density at radius 3 is 3.00 bits per heavy atom. The average Bonchev–Trinajstić information content (AvgIpc) is 2.93. The lowest BCUT2D eigenvalue weighted by Crippen LogP contribution is -2.32. The Hall–Kier alpha value is -1.76. The molecule has 2 aromatic heterocycles. The highest BCUT2D eigenvalue weighted by Crippen LogP contribution is 2.40. The molecule has 1 saturated carbocycles. The minimum Gasteiger partial charge on any atom is -0.339 e. The largest absolute Gasteiger partial charge is 0.339 e. The van der Waals surface area contributed by atoms with E-state index in [9.17, 15) is 4.79 Å². The predicted octanol–water partition coefficient (Wildman–Crippen LogP) is 2.62. The fourth-order valence-electron chi connectivity index (χ4n) is 2.96. The first-order valence-corrected chi connectivity index (χ1v) is 8.62. The van der Waals surface area contributed by atoms with Crippen LogP contribution in [-0.2, 0) is 11.2 Å². The van der Waals surface area contributed by atoms with Crippen molar-refractivity contribution >= 4 is 17.2 Å². The molecule has 116 valence electrons. The van der Waals surface area contributed by atoms with Gasteiger partial charge in [0.2, 0.25) is 11.8 Å². The second kappa shape index (κ2) is 5.46. The summed E-state index contributed by atoms with van der Waals surface area (Å²) in [7, 11) is 0. The minimum atomic E-state index is -0.0384. The van der Waals surface area contributed by atoms with Crippen LogP contribution in [0.5, 0.6) is 0 Å². The maximum Gasteiger partial charge on any atom is 0.229 e. The summed E-state index contributed by atoms with van der Waals surface area (Å²) in [4.78, 5) is 23.3. The van der Waals surface area contributed by atoms with E-state index in [1.807, 2.05) is 17.2 Å². The fraction of sp³-hybridized carbons (Fsp3) is 0.600. The molecule has 1 atom stereocenters. The van der Waals surface area contributed by atoms with Crippen LogP contribution in [0.3, 0.4) is 0 Å². The van der Waals surface area contributed by atoms with Gasteiger partial charge in [-0.3, -0.25) is 4.79 Å². The fourth-order valence-corrected chi connectivity index (χ4v) is 3.57. The molecule has 2 fully saturated rings. The highest BCUT2D eigenvalue weighted by molar-refractivity contribution is 7.09. The van der Waals surface area contributed by atoms with Crippen LogP contribution in [-0.4, -0.2) is 32.5 Å². The molecule has 1 aliphatic carbocycles. The molecule has 0 aromatic carbocycles. The molecule has 2 aromatic rings. The van der Waals surface area contributed by atoms with Gasteiger partial charge in [0, 0.05) is 17.8 Å². The van der Waals surface area contributed by atoms with E-state index in [-0.39, 0.29) is 11.9 Å². The van der Waals surface area contributed by atoms with Crippen LogP contribution < -0.4 is 0 Å². The summed E-state index contributed by atoms with van der Waals surface area (Å²) in [5, 5.41) is 7.06. The topological polar surface area (TPSA) is 72.1 Å². The first kappa shape index (κ1) is 13.9. The minimum absolute atomic E-state index is 0.0384. The van der Waals surface area contributed by atoms with Gasteiger partial charge in [-0.1, -0.05) is 5.16 Å². The molecule has 0 spiro atoms. The molecule has 0 bridgehead atoms. The van der Waals surface area contributed by atoms with Gasteiger partial charge in [0.15, 0.2) is 5.82 Å². The Bertz CT molecular complexity index is 691. The monoisotopic (exact) mass is 318 g/mol. The van der Waals surface area contributed by atoms with Crippen LogP contribution in [0.15, 0.2) is 9.90 Å². The molecule has 3 heterocycles. The van der Waals surface area contributed by atoms with Gasteiger partial charge in [0.1, 0.15) is 0 Å². The van der Waals surface area contributed by atoms with E-state index < -0.39 is 0 Å². The third-order valence-electron chi connectivity index (χ3n) is 4.25. The second-order valence-corrected chi connectivity index (χ2v) is 7.11. The lowest BCUT2D eigenvalue weighted by atomic mass is 10.2. The van der Waals surface area contributed by atoms with Crippen molar-refractivity contribution in [3.05, 3.63) is 27.8 Å². The van der Waals surface area contributed by atoms with Crippen molar-refractivity contribution in [1.82, 2.24) is 20.0 Å². The zero-order valence-corrected chi connectivity index (χ0v) is 13.3. The molecule has 1 aliphatic heterocycles. The predicted molar refractivity (Wildman–Crippen MR) is 80.5 cm³/mol. The van der Waals surface area contributed by atoms with Gasteiger partial charge < -0.3 is 9.42 Å². The number of nitrogens with zero attached hydrogens (tertiary/aromatic N) is 4. The van der Waals surface area contributed by atoms with Crippen LogP contribution in [0.4, 0.5) is 0 Å². The molecular formula is C15H18N4O2S. The van der Waals surface area contributed by atoms with Crippen molar-refractivity contribution in [2.45, 2.75) is 51.0 Å². The number of carbonyl (C=O) groups is 1. The normalized spacial score (nSPS) is 21.5. The quantitative estimate of drug-likeness (QED) is 0.866. The summed E-state index contributed by atoms with van der Waals surface area (Å²) >= 11 is 1.58. The first-order chi connectivity index (χ1) is 10.7. The van der Waals surface area contributed by atoms with E-state index >= 15 is 0 Å². The molecule has 0 unspecified atom stereocenters. The molecule has 0 N–H and O–H groups in total.